The zero-order chi connectivity index (χ0) is 14.3. The molecule has 3 nitrogen and oxygen atoms in total. The summed E-state index contributed by atoms with van der Waals surface area (Å²) in [4.78, 5) is 16.1. The molecule has 0 aliphatic heterocycles. The number of hydrogen-bond acceptors (Lipinski definition) is 3. The first-order valence-electron chi connectivity index (χ1n) is 7.00. The number of para-hydroxylation sites is 1. The molecule has 20 heavy (non-hydrogen) atoms. The van der Waals surface area contributed by atoms with E-state index in [1.807, 2.05) is 24.3 Å². The monoisotopic (exact) mass is 269 g/mol. The van der Waals surface area contributed by atoms with E-state index < -0.39 is 0 Å². The molecule has 0 fully saturated rings. The molecule has 0 saturated heterocycles. The number of fused-ring (bicyclic) bond motifs is 2. The molecule has 1 aromatic heterocycles. The first-order chi connectivity index (χ1) is 9.44. The topological polar surface area (TPSA) is 39.2 Å². The molecule has 0 unspecified atom stereocenters. The Morgan fingerprint density at radius 2 is 2.10 bits per heavy atom. The summed E-state index contributed by atoms with van der Waals surface area (Å²) in [6.45, 7) is 5.86. The van der Waals surface area contributed by atoms with Gasteiger partial charge in [0.1, 0.15) is 6.10 Å². The summed E-state index contributed by atoms with van der Waals surface area (Å²) >= 11 is 0. The van der Waals surface area contributed by atoms with Crippen LogP contribution in [0, 0.1) is 5.41 Å². The van der Waals surface area contributed by atoms with Crippen molar-refractivity contribution in [2.75, 3.05) is 0 Å². The zero-order valence-electron chi connectivity index (χ0n) is 12.1. The van der Waals surface area contributed by atoms with Crippen LogP contribution in [0.15, 0.2) is 30.3 Å². The minimum atomic E-state index is -0.230. The summed E-state index contributed by atoms with van der Waals surface area (Å²) in [6.07, 6.45) is 1.59. The van der Waals surface area contributed by atoms with Crippen LogP contribution in [0.1, 0.15) is 44.6 Å². The molecule has 0 bridgehead atoms. The number of esters is 1. The van der Waals surface area contributed by atoms with Crippen LogP contribution >= 0.6 is 0 Å². The van der Waals surface area contributed by atoms with Crippen LogP contribution < -0.4 is 0 Å². The van der Waals surface area contributed by atoms with Gasteiger partial charge in [-0.05, 0) is 30.4 Å². The van der Waals surface area contributed by atoms with Gasteiger partial charge in [-0.1, -0.05) is 32.0 Å². The number of benzene rings is 1. The average molecular weight is 269 g/mol. The first kappa shape index (κ1) is 13.1. The molecule has 1 aliphatic rings. The Bertz CT molecular complexity index is 676. The van der Waals surface area contributed by atoms with Gasteiger partial charge in [0, 0.05) is 23.6 Å². The van der Waals surface area contributed by atoms with Crippen molar-refractivity contribution in [3.8, 4) is 0 Å². The lowest BCUT2D eigenvalue weighted by molar-refractivity contribution is -0.148. The van der Waals surface area contributed by atoms with Crippen molar-refractivity contribution in [3.05, 3.63) is 41.6 Å². The molecule has 0 amide bonds. The third-order valence-corrected chi connectivity index (χ3v) is 3.88. The van der Waals surface area contributed by atoms with E-state index in [4.69, 9.17) is 9.72 Å². The predicted molar refractivity (Wildman–Crippen MR) is 78.4 cm³/mol. The fourth-order valence-electron chi connectivity index (χ4n) is 3.04. The summed E-state index contributed by atoms with van der Waals surface area (Å²) in [5, 5.41) is 1.10. The Balaban J connectivity index is 2.14. The molecule has 2 aromatic rings. The summed E-state index contributed by atoms with van der Waals surface area (Å²) in [5.41, 5.74) is 3.23. The molecule has 1 aliphatic carbocycles. The average Bonchev–Trinajstić information content (AvgIpc) is 2.35. The van der Waals surface area contributed by atoms with Gasteiger partial charge < -0.3 is 4.74 Å². The Morgan fingerprint density at radius 1 is 1.35 bits per heavy atom. The van der Waals surface area contributed by atoms with E-state index >= 15 is 0 Å². The molecule has 1 heterocycles. The summed E-state index contributed by atoms with van der Waals surface area (Å²) in [6, 6.07) is 10.2. The highest BCUT2D eigenvalue weighted by molar-refractivity contribution is 5.79. The molecular weight excluding hydrogens is 250 g/mol. The Kier molecular flexibility index (Phi) is 3.00. The van der Waals surface area contributed by atoms with E-state index in [2.05, 4.69) is 19.9 Å². The molecule has 0 N–H and O–H groups in total. The maximum absolute atomic E-state index is 11.4. The summed E-state index contributed by atoms with van der Waals surface area (Å²) < 4.78 is 5.52. The van der Waals surface area contributed by atoms with Crippen LogP contribution in [0.2, 0.25) is 0 Å². The highest BCUT2D eigenvalue weighted by Crippen LogP contribution is 2.42. The summed E-state index contributed by atoms with van der Waals surface area (Å²) in [7, 11) is 0. The zero-order valence-corrected chi connectivity index (χ0v) is 12.1. The number of ether oxygens (including phenoxy) is 1. The van der Waals surface area contributed by atoms with Crippen LogP contribution in [0.25, 0.3) is 10.9 Å². The number of carbonyl (C=O) groups is 1. The second kappa shape index (κ2) is 4.58. The third kappa shape index (κ3) is 2.40. The number of hydrogen-bond donors (Lipinski definition) is 0. The van der Waals surface area contributed by atoms with Gasteiger partial charge in [-0.2, -0.15) is 0 Å². The van der Waals surface area contributed by atoms with Crippen molar-refractivity contribution in [3.63, 3.8) is 0 Å². The van der Waals surface area contributed by atoms with Crippen LogP contribution in [0.5, 0.6) is 0 Å². The molecule has 0 saturated carbocycles. The fourth-order valence-corrected chi connectivity index (χ4v) is 3.04. The number of pyridine rings is 1. The largest absolute Gasteiger partial charge is 0.458 e. The number of aromatic nitrogens is 1. The van der Waals surface area contributed by atoms with E-state index in [1.54, 1.807) is 0 Å². The Labute approximate surface area is 119 Å². The second-order valence-corrected chi connectivity index (χ2v) is 6.36. The number of rotatable bonds is 1. The molecule has 0 radical (unpaired) electrons. The van der Waals surface area contributed by atoms with Gasteiger partial charge in [-0.15, -0.1) is 0 Å². The van der Waals surface area contributed by atoms with Crippen molar-refractivity contribution in [2.24, 2.45) is 5.41 Å². The first-order valence-corrected chi connectivity index (χ1v) is 7.00. The quantitative estimate of drug-likeness (QED) is 0.739. The van der Waals surface area contributed by atoms with E-state index in [1.165, 1.54) is 6.92 Å². The summed E-state index contributed by atoms with van der Waals surface area (Å²) in [5.74, 6) is -0.230. The van der Waals surface area contributed by atoms with Crippen molar-refractivity contribution >= 4 is 16.9 Å². The van der Waals surface area contributed by atoms with Crippen LogP contribution in [0.3, 0.4) is 0 Å². The SMILES string of the molecule is CC(=O)O[C@@H]1CC(C)(C)Cc2nc3ccccc3cc21. The van der Waals surface area contributed by atoms with Gasteiger partial charge >= 0.3 is 5.97 Å². The predicted octanol–water partition coefficient (Wildman–Crippen LogP) is 3.81. The second-order valence-electron chi connectivity index (χ2n) is 6.36. The lowest BCUT2D eigenvalue weighted by atomic mass is 9.74. The van der Waals surface area contributed by atoms with Crippen LogP contribution in [0.4, 0.5) is 0 Å². The van der Waals surface area contributed by atoms with Gasteiger partial charge in [0.25, 0.3) is 0 Å². The Hall–Kier alpha value is -1.90. The highest BCUT2D eigenvalue weighted by Gasteiger charge is 2.35. The fraction of sp³-hybridized carbons (Fsp3) is 0.412. The van der Waals surface area contributed by atoms with Gasteiger partial charge in [0.2, 0.25) is 0 Å². The van der Waals surface area contributed by atoms with E-state index in [-0.39, 0.29) is 17.5 Å². The molecule has 104 valence electrons. The number of nitrogens with zero attached hydrogens (tertiary/aromatic N) is 1. The molecular formula is C17H19NO2. The normalized spacial score (nSPS) is 20.4. The molecule has 0 spiro atoms. The molecule has 3 rings (SSSR count). The smallest absolute Gasteiger partial charge is 0.303 e. The van der Waals surface area contributed by atoms with Gasteiger partial charge in [-0.25, -0.2) is 0 Å². The standard InChI is InChI=1S/C17H19NO2/c1-11(19)20-16-10-17(2,3)9-15-13(16)8-12-6-4-5-7-14(12)18-15/h4-8,16H,9-10H2,1-3H3/t16-/m1/s1. The van der Waals surface area contributed by atoms with Crippen molar-refractivity contribution in [1.29, 1.82) is 0 Å². The van der Waals surface area contributed by atoms with Crippen LogP contribution in [-0.4, -0.2) is 11.0 Å². The minimum Gasteiger partial charge on any atom is -0.458 e. The highest BCUT2D eigenvalue weighted by atomic mass is 16.5. The maximum Gasteiger partial charge on any atom is 0.303 e. The minimum absolute atomic E-state index is 0.0998. The van der Waals surface area contributed by atoms with E-state index in [0.717, 1.165) is 35.0 Å². The van der Waals surface area contributed by atoms with Gasteiger partial charge in [0.15, 0.2) is 0 Å². The lowest BCUT2D eigenvalue weighted by Gasteiger charge is -2.35. The van der Waals surface area contributed by atoms with Gasteiger partial charge in [-0.3, -0.25) is 9.78 Å². The molecule has 1 atom stereocenters. The lowest BCUT2D eigenvalue weighted by Crippen LogP contribution is -2.28. The van der Waals surface area contributed by atoms with Crippen molar-refractivity contribution in [1.82, 2.24) is 4.98 Å². The van der Waals surface area contributed by atoms with E-state index in [0.29, 0.717) is 0 Å². The maximum atomic E-state index is 11.4. The molecule has 3 heteroatoms. The molecule has 1 aromatic carbocycles. The number of carbonyl (C=O) groups excluding carboxylic acids is 1. The van der Waals surface area contributed by atoms with E-state index in [9.17, 15) is 4.79 Å². The van der Waals surface area contributed by atoms with Crippen molar-refractivity contribution in [2.45, 2.75) is 39.7 Å². The third-order valence-electron chi connectivity index (χ3n) is 3.88. The Morgan fingerprint density at radius 3 is 2.85 bits per heavy atom. The van der Waals surface area contributed by atoms with Gasteiger partial charge in [0.05, 0.1) is 5.52 Å². The van der Waals surface area contributed by atoms with Crippen LogP contribution in [-0.2, 0) is 16.0 Å². The van der Waals surface area contributed by atoms with Crippen molar-refractivity contribution < 1.29 is 9.53 Å².